The number of anilines is 1. The molecule has 0 bridgehead atoms. The van der Waals surface area contributed by atoms with E-state index in [-0.39, 0.29) is 43.4 Å². The molecule has 0 radical (unpaired) electrons. The van der Waals surface area contributed by atoms with Gasteiger partial charge in [-0.2, -0.15) is 0 Å². The highest BCUT2D eigenvalue weighted by Gasteiger charge is 2.24. The lowest BCUT2D eigenvalue weighted by Crippen LogP contribution is -2.50. The first-order chi connectivity index (χ1) is 18.0. The Labute approximate surface area is 223 Å². The third kappa shape index (κ3) is 9.02. The summed E-state index contributed by atoms with van der Waals surface area (Å²) in [7, 11) is -4.67. The molecule has 0 spiro atoms. The van der Waals surface area contributed by atoms with Crippen LogP contribution in [0.4, 0.5) is 15.0 Å². The summed E-state index contributed by atoms with van der Waals surface area (Å²) in [6.07, 6.45) is 1.05. The van der Waals surface area contributed by atoms with Gasteiger partial charge in [0, 0.05) is 25.1 Å². The second kappa shape index (κ2) is 13.6. The fraction of sp³-hybridized carbons (Fsp3) is 0.292. The Morgan fingerprint density at radius 3 is 2.63 bits per heavy atom. The number of halogens is 2. The molecular formula is C24H27ClFN4O7P. The summed E-state index contributed by atoms with van der Waals surface area (Å²) >= 11 is 6.00. The monoisotopic (exact) mass is 568 g/mol. The fourth-order valence-corrected chi connectivity index (χ4v) is 4.17. The topological polar surface area (TPSA) is 150 Å². The summed E-state index contributed by atoms with van der Waals surface area (Å²) in [6, 6.07) is 12.6. The highest BCUT2D eigenvalue weighted by Crippen LogP contribution is 2.35. The number of hydrazine groups is 1. The molecule has 11 nitrogen and oxygen atoms in total. The smallest absolute Gasteiger partial charge is 0.447 e. The molecule has 1 atom stereocenters. The second-order valence-corrected chi connectivity index (χ2v) is 9.81. The summed E-state index contributed by atoms with van der Waals surface area (Å²) in [5, 5.41) is 5.38. The highest BCUT2D eigenvalue weighted by molar-refractivity contribution is 7.46. The minimum absolute atomic E-state index is 0.0150. The first-order valence-electron chi connectivity index (χ1n) is 11.5. The van der Waals surface area contributed by atoms with E-state index in [4.69, 9.17) is 26.1 Å². The molecular weight excluding hydrogens is 542 g/mol. The third-order valence-corrected chi connectivity index (χ3v) is 6.33. The number of pyridine rings is 1. The number of aromatic nitrogens is 1. The lowest BCUT2D eigenvalue weighted by molar-refractivity contribution is -0.136. The Morgan fingerprint density at radius 1 is 1.18 bits per heavy atom. The van der Waals surface area contributed by atoms with E-state index >= 15 is 0 Å². The van der Waals surface area contributed by atoms with Crippen molar-refractivity contribution in [3.8, 4) is 0 Å². The van der Waals surface area contributed by atoms with Crippen LogP contribution in [0, 0.1) is 5.82 Å². The Balaban J connectivity index is 1.67. The van der Waals surface area contributed by atoms with Crippen LogP contribution in [0.2, 0.25) is 5.02 Å². The van der Waals surface area contributed by atoms with Crippen molar-refractivity contribution in [2.45, 2.75) is 32.4 Å². The SMILES string of the molecule is CC(=O)N(NCc1cccc(F)c1Cl)C(CCCOP(=O)(O)O)COC(=O)Nc1cc2ccccc2cn1. The number of rotatable bonds is 12. The standard InChI is InChI=1S/C24H27ClFN4O7P/c1-16(31)30(28-14-19-8-4-10-21(26)23(19)25)20(9-5-11-37-38(33,34)35)15-36-24(32)29-22-12-17-6-2-3-7-18(17)13-27-22/h2-4,6-8,10,12-13,20,28H,5,9,11,14-15H2,1H3,(H,27,29,32)(H2,33,34,35). The van der Waals surface area contributed by atoms with Gasteiger partial charge in [0.05, 0.1) is 17.7 Å². The number of hydrogen-bond donors (Lipinski definition) is 4. The summed E-state index contributed by atoms with van der Waals surface area (Å²) in [5.74, 6) is -0.796. The van der Waals surface area contributed by atoms with Crippen LogP contribution in [0.15, 0.2) is 54.7 Å². The number of phosphoric ester groups is 1. The van der Waals surface area contributed by atoms with Crippen molar-refractivity contribution in [3.05, 3.63) is 71.1 Å². The fourth-order valence-electron chi connectivity index (χ4n) is 3.61. The number of fused-ring (bicyclic) bond motifs is 1. The molecule has 0 fully saturated rings. The lowest BCUT2D eigenvalue weighted by Gasteiger charge is -2.31. The Morgan fingerprint density at radius 2 is 1.92 bits per heavy atom. The highest BCUT2D eigenvalue weighted by atomic mass is 35.5. The van der Waals surface area contributed by atoms with Gasteiger partial charge < -0.3 is 14.5 Å². The van der Waals surface area contributed by atoms with Crippen molar-refractivity contribution >= 4 is 48.0 Å². The molecule has 2 aromatic carbocycles. The molecule has 3 aromatic rings. The summed E-state index contributed by atoms with van der Waals surface area (Å²) in [4.78, 5) is 46.9. The molecule has 3 rings (SSSR count). The number of nitrogens with zero attached hydrogens (tertiary/aromatic N) is 2. The van der Waals surface area contributed by atoms with E-state index in [1.165, 1.54) is 24.1 Å². The molecule has 1 heterocycles. The number of phosphoric acid groups is 1. The van der Waals surface area contributed by atoms with E-state index < -0.39 is 31.7 Å². The molecule has 0 aliphatic carbocycles. The molecule has 2 amide bonds. The zero-order chi connectivity index (χ0) is 27.7. The van der Waals surface area contributed by atoms with Gasteiger partial charge in [-0.25, -0.2) is 24.2 Å². The van der Waals surface area contributed by atoms with Crippen molar-refractivity contribution in [1.82, 2.24) is 15.4 Å². The molecule has 14 heteroatoms. The third-order valence-electron chi connectivity index (χ3n) is 5.38. The number of carbonyl (C=O) groups excluding carboxylic acids is 2. The summed E-state index contributed by atoms with van der Waals surface area (Å²) in [6.45, 7) is 0.686. The number of hydrogen-bond acceptors (Lipinski definition) is 7. The van der Waals surface area contributed by atoms with Gasteiger partial charge in [-0.05, 0) is 35.9 Å². The van der Waals surface area contributed by atoms with Gasteiger partial charge >= 0.3 is 13.9 Å². The van der Waals surface area contributed by atoms with E-state index in [0.717, 1.165) is 10.8 Å². The van der Waals surface area contributed by atoms with Crippen molar-refractivity contribution in [2.24, 2.45) is 0 Å². The minimum Gasteiger partial charge on any atom is -0.447 e. The molecule has 1 aromatic heterocycles. The van der Waals surface area contributed by atoms with Gasteiger partial charge in [0.2, 0.25) is 5.91 Å². The van der Waals surface area contributed by atoms with Crippen LogP contribution in [0.3, 0.4) is 0 Å². The zero-order valence-electron chi connectivity index (χ0n) is 20.3. The maximum atomic E-state index is 13.8. The molecule has 204 valence electrons. The number of amides is 2. The normalized spacial score (nSPS) is 12.2. The average Bonchev–Trinajstić information content (AvgIpc) is 2.86. The number of ether oxygens (including phenoxy) is 1. The van der Waals surface area contributed by atoms with E-state index in [1.54, 1.807) is 18.3 Å². The largest absolute Gasteiger partial charge is 0.469 e. The predicted octanol–water partition coefficient (Wildman–Crippen LogP) is 4.39. The van der Waals surface area contributed by atoms with Crippen LogP contribution in [-0.2, 0) is 25.2 Å². The van der Waals surface area contributed by atoms with Gasteiger partial charge in [-0.15, -0.1) is 0 Å². The van der Waals surface area contributed by atoms with E-state index in [9.17, 15) is 18.5 Å². The maximum Gasteiger partial charge on any atom is 0.469 e. The van der Waals surface area contributed by atoms with Gasteiger partial charge in [-0.1, -0.05) is 48.0 Å². The number of benzene rings is 2. The minimum atomic E-state index is -4.67. The van der Waals surface area contributed by atoms with E-state index in [0.29, 0.717) is 5.56 Å². The quantitative estimate of drug-likeness (QED) is 0.142. The van der Waals surface area contributed by atoms with Crippen LogP contribution in [0.25, 0.3) is 10.8 Å². The average molecular weight is 569 g/mol. The Kier molecular flexibility index (Phi) is 10.5. The maximum absolute atomic E-state index is 13.8. The van der Waals surface area contributed by atoms with Gasteiger partial charge in [0.1, 0.15) is 18.2 Å². The van der Waals surface area contributed by atoms with Crippen LogP contribution in [0.1, 0.15) is 25.3 Å². The van der Waals surface area contributed by atoms with Crippen molar-refractivity contribution in [3.63, 3.8) is 0 Å². The van der Waals surface area contributed by atoms with Crippen molar-refractivity contribution in [2.75, 3.05) is 18.5 Å². The van der Waals surface area contributed by atoms with Gasteiger partial charge in [0.25, 0.3) is 0 Å². The van der Waals surface area contributed by atoms with E-state index in [2.05, 4.69) is 20.3 Å². The first kappa shape index (κ1) is 29.4. The van der Waals surface area contributed by atoms with Crippen molar-refractivity contribution < 1.29 is 37.6 Å². The molecule has 1 unspecified atom stereocenters. The Bertz CT molecular complexity index is 1330. The molecule has 4 N–H and O–H groups in total. The first-order valence-corrected chi connectivity index (χ1v) is 13.4. The summed E-state index contributed by atoms with van der Waals surface area (Å²) in [5.41, 5.74) is 3.26. The number of nitrogens with one attached hydrogen (secondary N) is 2. The summed E-state index contributed by atoms with van der Waals surface area (Å²) < 4.78 is 34.6. The van der Waals surface area contributed by atoms with Gasteiger partial charge in [-0.3, -0.25) is 19.6 Å². The zero-order valence-corrected chi connectivity index (χ0v) is 22.0. The van der Waals surface area contributed by atoms with E-state index in [1.807, 2.05) is 24.3 Å². The number of carbonyl (C=O) groups is 2. The predicted molar refractivity (Wildman–Crippen MR) is 139 cm³/mol. The molecule has 0 aliphatic heterocycles. The van der Waals surface area contributed by atoms with Crippen LogP contribution in [-0.4, -0.2) is 51.0 Å². The van der Waals surface area contributed by atoms with Crippen LogP contribution >= 0.6 is 19.4 Å². The molecule has 0 saturated carbocycles. The Hall–Kier alpha value is -3.12. The molecule has 0 saturated heterocycles. The lowest BCUT2D eigenvalue weighted by atomic mass is 10.1. The van der Waals surface area contributed by atoms with Crippen molar-refractivity contribution in [1.29, 1.82) is 0 Å². The molecule has 0 aliphatic rings. The molecule has 38 heavy (non-hydrogen) atoms. The van der Waals surface area contributed by atoms with Crippen LogP contribution in [0.5, 0.6) is 0 Å². The van der Waals surface area contributed by atoms with Gasteiger partial charge in [0.15, 0.2) is 0 Å². The van der Waals surface area contributed by atoms with Crippen LogP contribution < -0.4 is 10.7 Å². The second-order valence-electron chi connectivity index (χ2n) is 8.20.